The number of carbonyl (C=O) groups is 1. The number of nitrogens with zero attached hydrogens (tertiary/aromatic N) is 3. The van der Waals surface area contributed by atoms with Crippen LogP contribution in [0.5, 0.6) is 0 Å². The van der Waals surface area contributed by atoms with Gasteiger partial charge in [-0.15, -0.1) is 0 Å². The molecule has 44 heavy (non-hydrogen) atoms. The minimum atomic E-state index is -4.97. The molecule has 4 nitrogen and oxygen atoms in total. The third-order valence-corrected chi connectivity index (χ3v) is 10.4. The van der Waals surface area contributed by atoms with Gasteiger partial charge in [-0.05, 0) is 73.7 Å². The van der Waals surface area contributed by atoms with Crippen LogP contribution in [0.2, 0.25) is 10.0 Å². The van der Waals surface area contributed by atoms with E-state index in [4.69, 9.17) is 23.2 Å². The third kappa shape index (κ3) is 7.85. The molecule has 1 atom stereocenters. The fourth-order valence-electron chi connectivity index (χ4n) is 7.07. The molecule has 3 fully saturated rings. The molecule has 12 heteroatoms. The van der Waals surface area contributed by atoms with Gasteiger partial charge in [0.05, 0.1) is 27.6 Å². The fraction of sp³-hybridized carbons (Fsp3) is 0.594. The molecule has 3 aliphatic rings. The first-order valence-electron chi connectivity index (χ1n) is 15.2. The largest absolute Gasteiger partial charge is 0.416 e. The van der Waals surface area contributed by atoms with Crippen LogP contribution in [0.1, 0.15) is 67.2 Å². The number of hydrogen-bond donors (Lipinski definition) is 0. The van der Waals surface area contributed by atoms with Crippen molar-refractivity contribution in [2.45, 2.75) is 75.2 Å². The maximum absolute atomic E-state index is 13.4. The number of benzene rings is 2. The van der Waals surface area contributed by atoms with Crippen LogP contribution >= 0.6 is 23.2 Å². The topological polar surface area (TPSA) is 26.8 Å². The molecule has 2 aromatic carbocycles. The van der Waals surface area contributed by atoms with Gasteiger partial charge in [-0.2, -0.15) is 26.3 Å². The van der Waals surface area contributed by atoms with Crippen molar-refractivity contribution < 1.29 is 31.1 Å². The lowest BCUT2D eigenvalue weighted by atomic mass is 9.76. The second kappa shape index (κ2) is 13.4. The summed E-state index contributed by atoms with van der Waals surface area (Å²) >= 11 is 12.6. The Labute approximate surface area is 264 Å². The zero-order valence-corrected chi connectivity index (χ0v) is 25.9. The monoisotopic (exact) mass is 663 g/mol. The highest BCUT2D eigenvalue weighted by Gasteiger charge is 2.42. The minimum Gasteiger partial charge on any atom is -0.341 e. The lowest BCUT2D eigenvalue weighted by Gasteiger charge is -2.42. The third-order valence-electron chi connectivity index (χ3n) is 9.65. The normalized spacial score (nSPS) is 23.0. The van der Waals surface area contributed by atoms with Gasteiger partial charge in [0.2, 0.25) is 5.91 Å². The van der Waals surface area contributed by atoms with E-state index >= 15 is 0 Å². The highest BCUT2D eigenvalue weighted by molar-refractivity contribution is 6.42. The van der Waals surface area contributed by atoms with Crippen molar-refractivity contribution in [1.29, 1.82) is 0 Å². The number of alkyl halides is 6. The number of likely N-dealkylation sites (tertiary alicyclic amines) is 1. The Morgan fingerprint density at radius 2 is 1.45 bits per heavy atom. The zero-order chi connectivity index (χ0) is 31.7. The number of amides is 1. The second-order valence-electron chi connectivity index (χ2n) is 12.5. The molecular formula is C32H37Cl2F6N3O. The van der Waals surface area contributed by atoms with E-state index in [0.29, 0.717) is 41.2 Å². The molecule has 0 aromatic heterocycles. The Morgan fingerprint density at radius 1 is 0.818 bits per heavy atom. The Kier molecular flexibility index (Phi) is 10.1. The van der Waals surface area contributed by atoms with Crippen LogP contribution in [0, 0.1) is 0 Å². The van der Waals surface area contributed by atoms with E-state index in [0.717, 1.165) is 44.7 Å². The molecule has 242 valence electrons. The summed E-state index contributed by atoms with van der Waals surface area (Å²) in [7, 11) is 0. The van der Waals surface area contributed by atoms with Crippen LogP contribution in [-0.2, 0) is 29.0 Å². The quantitative estimate of drug-likeness (QED) is 0.280. The fourth-order valence-corrected chi connectivity index (χ4v) is 7.37. The molecule has 0 N–H and O–H groups in total. The summed E-state index contributed by atoms with van der Waals surface area (Å²) in [5.74, 6) is -0.513. The Bertz CT molecular complexity index is 1290. The van der Waals surface area contributed by atoms with Crippen LogP contribution in [0.15, 0.2) is 36.4 Å². The van der Waals surface area contributed by atoms with Gasteiger partial charge < -0.3 is 9.80 Å². The van der Waals surface area contributed by atoms with Gasteiger partial charge in [-0.25, -0.2) is 0 Å². The lowest BCUT2D eigenvalue weighted by molar-refractivity contribution is -0.143. The molecule has 5 rings (SSSR count). The highest BCUT2D eigenvalue weighted by Crippen LogP contribution is 2.41. The SMILES string of the molecule is O=C(Cc1cc(C(F)(F)F)cc(C(F)(F)F)c1)N1CC[C@](CCN2CCN(C3CCCCC3)CC2)(c2ccc(Cl)c(Cl)c2)C1. The van der Waals surface area contributed by atoms with Crippen LogP contribution < -0.4 is 0 Å². The van der Waals surface area contributed by atoms with Crippen molar-refractivity contribution in [1.82, 2.24) is 14.7 Å². The van der Waals surface area contributed by atoms with Crippen molar-refractivity contribution in [2.75, 3.05) is 45.8 Å². The summed E-state index contributed by atoms with van der Waals surface area (Å²) in [6.07, 6.45) is -2.75. The summed E-state index contributed by atoms with van der Waals surface area (Å²) in [6.45, 7) is 5.36. The highest BCUT2D eigenvalue weighted by atomic mass is 35.5. The van der Waals surface area contributed by atoms with Gasteiger partial charge in [0, 0.05) is 50.7 Å². The van der Waals surface area contributed by atoms with Crippen LogP contribution in [0.3, 0.4) is 0 Å². The van der Waals surface area contributed by atoms with E-state index in [1.54, 1.807) is 17.0 Å². The molecule has 0 radical (unpaired) electrons. The summed E-state index contributed by atoms with van der Waals surface area (Å²) in [5, 5.41) is 0.790. The van der Waals surface area contributed by atoms with Gasteiger partial charge in [0.15, 0.2) is 0 Å². The molecule has 0 bridgehead atoms. The Hall–Kier alpha value is -2.01. The maximum atomic E-state index is 13.4. The second-order valence-corrected chi connectivity index (χ2v) is 13.3. The van der Waals surface area contributed by atoms with Crippen molar-refractivity contribution in [3.05, 3.63) is 68.7 Å². The minimum absolute atomic E-state index is 0.0775. The van der Waals surface area contributed by atoms with E-state index in [2.05, 4.69) is 9.80 Å². The summed E-state index contributed by atoms with van der Waals surface area (Å²) in [6, 6.07) is 7.42. The average Bonchev–Trinajstić information content (AvgIpc) is 3.43. The Morgan fingerprint density at radius 3 is 2.05 bits per heavy atom. The Balaban J connectivity index is 1.29. The smallest absolute Gasteiger partial charge is 0.341 e. The van der Waals surface area contributed by atoms with Gasteiger partial charge >= 0.3 is 12.4 Å². The van der Waals surface area contributed by atoms with Gasteiger partial charge in [0.1, 0.15) is 0 Å². The molecule has 0 unspecified atom stereocenters. The van der Waals surface area contributed by atoms with Crippen molar-refractivity contribution in [3.8, 4) is 0 Å². The van der Waals surface area contributed by atoms with E-state index < -0.39 is 41.2 Å². The van der Waals surface area contributed by atoms with Gasteiger partial charge in [0.25, 0.3) is 0 Å². The summed E-state index contributed by atoms with van der Waals surface area (Å²) in [5.41, 5.74) is -2.73. The maximum Gasteiger partial charge on any atom is 0.416 e. The summed E-state index contributed by atoms with van der Waals surface area (Å²) in [4.78, 5) is 20.0. The number of halogens is 8. The van der Waals surface area contributed by atoms with Crippen molar-refractivity contribution in [2.24, 2.45) is 0 Å². The molecule has 1 saturated carbocycles. The van der Waals surface area contributed by atoms with Crippen LogP contribution in [-0.4, -0.2) is 72.5 Å². The molecular weight excluding hydrogens is 627 g/mol. The van der Waals surface area contributed by atoms with E-state index in [9.17, 15) is 31.1 Å². The number of hydrogen-bond acceptors (Lipinski definition) is 3. The molecule has 2 aromatic rings. The van der Waals surface area contributed by atoms with Crippen molar-refractivity contribution >= 4 is 29.1 Å². The summed E-state index contributed by atoms with van der Waals surface area (Å²) < 4.78 is 80.3. The molecule has 2 saturated heterocycles. The van der Waals surface area contributed by atoms with Gasteiger partial charge in [-0.1, -0.05) is 48.5 Å². The van der Waals surface area contributed by atoms with Crippen LogP contribution in [0.25, 0.3) is 0 Å². The molecule has 1 amide bonds. The van der Waals surface area contributed by atoms with E-state index in [1.165, 1.54) is 32.1 Å². The predicted octanol–water partition coefficient (Wildman–Crippen LogP) is 8.08. The number of piperazine rings is 1. The number of rotatable bonds is 7. The first-order chi connectivity index (χ1) is 20.7. The van der Waals surface area contributed by atoms with Crippen molar-refractivity contribution in [3.63, 3.8) is 0 Å². The molecule has 1 aliphatic carbocycles. The molecule has 2 heterocycles. The zero-order valence-electron chi connectivity index (χ0n) is 24.4. The first-order valence-corrected chi connectivity index (χ1v) is 16.0. The van der Waals surface area contributed by atoms with Gasteiger partial charge in [-0.3, -0.25) is 9.69 Å². The van der Waals surface area contributed by atoms with E-state index in [1.807, 2.05) is 6.07 Å². The van der Waals surface area contributed by atoms with Crippen LogP contribution in [0.4, 0.5) is 26.3 Å². The van der Waals surface area contributed by atoms with E-state index in [-0.39, 0.29) is 18.2 Å². The molecule has 2 aliphatic heterocycles. The predicted molar refractivity (Wildman–Crippen MR) is 159 cm³/mol. The molecule has 0 spiro atoms. The first kappa shape index (κ1) is 33.4. The standard InChI is InChI=1S/C32H37Cl2F6N3O/c33-27-7-6-23(20-28(27)34)30(8-10-41-12-14-42(15-13-41)26-4-2-1-3-5-26)9-11-43(21-30)29(44)18-22-16-24(31(35,36)37)19-25(17-22)32(38,39)40/h6-7,16-17,19-20,26H,1-5,8-15,18,21H2/t30-/m0/s1. The number of carbonyl (C=O) groups excluding carboxylic acids is 1. The lowest BCUT2D eigenvalue weighted by Crippen LogP contribution is -2.51. The average molecular weight is 665 g/mol.